The Hall–Kier alpha value is -1.05. The molecule has 0 aromatic rings. The van der Waals surface area contributed by atoms with Crippen LogP contribution in [0, 0.1) is 5.41 Å². The van der Waals surface area contributed by atoms with Crippen molar-refractivity contribution in [2.75, 3.05) is 0 Å². The summed E-state index contributed by atoms with van der Waals surface area (Å²) in [5.74, 6) is 0. The summed E-state index contributed by atoms with van der Waals surface area (Å²) in [5, 5.41) is 6.49. The van der Waals surface area contributed by atoms with Gasteiger partial charge in [0.15, 0.2) is 0 Å². The lowest BCUT2D eigenvalue weighted by Gasteiger charge is -1.65. The third kappa shape index (κ3) is 4.95. The Labute approximate surface area is 42.8 Å². The molecular weight excluding hydrogens is 88.1 g/mol. The first-order valence-corrected chi connectivity index (χ1v) is 1.96. The molecule has 0 unspecified atom stereocenters. The molecule has 3 N–H and O–H groups in total. The van der Waals surface area contributed by atoms with Gasteiger partial charge < -0.3 is 11.1 Å². The highest BCUT2D eigenvalue weighted by Crippen LogP contribution is 1.66. The number of nitrogens with two attached hydrogens (primary N) is 1. The molecule has 0 fully saturated rings. The Morgan fingerprint density at radius 2 is 1.86 bits per heavy atom. The zero-order valence-electron chi connectivity index (χ0n) is 3.96. The van der Waals surface area contributed by atoms with Crippen LogP contribution in [0.25, 0.3) is 0 Å². The van der Waals surface area contributed by atoms with Gasteiger partial charge in [-0.15, -0.1) is 0 Å². The van der Waals surface area contributed by atoms with Gasteiger partial charge in [-0.2, -0.15) is 0 Å². The molecule has 0 atom stereocenters. The highest BCUT2D eigenvalue weighted by Gasteiger charge is 1.53. The van der Waals surface area contributed by atoms with Gasteiger partial charge in [0.05, 0.1) is 0 Å². The molecule has 0 aliphatic rings. The molecule has 0 bridgehead atoms. The number of hydrogen-bond acceptors (Lipinski definition) is 2. The molecule has 2 nitrogen and oxygen atoms in total. The number of allylic oxidation sites excluding steroid dienone is 3. The third-order valence-corrected chi connectivity index (χ3v) is 0.430. The van der Waals surface area contributed by atoms with E-state index in [0.29, 0.717) is 0 Å². The Morgan fingerprint density at radius 1 is 1.14 bits per heavy atom. The fourth-order valence-corrected chi connectivity index (χ4v) is 0.184. The molecule has 0 heterocycles. The summed E-state index contributed by atoms with van der Waals surface area (Å²) in [6.07, 6.45) is 7.54. The standard InChI is InChI=1S/C5H8N2/c6-4-2-1-3-5-7/h1-6H,7H2/b2-1+,5-3+,6-4?. The van der Waals surface area contributed by atoms with Gasteiger partial charge in [0.1, 0.15) is 0 Å². The predicted molar refractivity (Wildman–Crippen MR) is 31.3 cm³/mol. The summed E-state index contributed by atoms with van der Waals surface area (Å²) in [7, 11) is 0. The van der Waals surface area contributed by atoms with E-state index in [-0.39, 0.29) is 0 Å². The second kappa shape index (κ2) is 4.95. The molecule has 0 amide bonds. The first kappa shape index (κ1) is 5.95. The van der Waals surface area contributed by atoms with Crippen molar-refractivity contribution in [3.63, 3.8) is 0 Å². The van der Waals surface area contributed by atoms with Gasteiger partial charge >= 0.3 is 0 Å². The molecule has 0 radical (unpaired) electrons. The van der Waals surface area contributed by atoms with Gasteiger partial charge in [-0.05, 0) is 18.4 Å². The lowest BCUT2D eigenvalue weighted by atomic mass is 10.5. The number of hydrogen-bond donors (Lipinski definition) is 2. The van der Waals surface area contributed by atoms with Crippen molar-refractivity contribution >= 4 is 6.21 Å². The Balaban J connectivity index is 3.27. The third-order valence-electron chi connectivity index (χ3n) is 0.430. The molecule has 38 valence electrons. The van der Waals surface area contributed by atoms with Crippen LogP contribution < -0.4 is 5.73 Å². The van der Waals surface area contributed by atoms with Gasteiger partial charge in [-0.3, -0.25) is 0 Å². The van der Waals surface area contributed by atoms with E-state index in [1.54, 1.807) is 18.2 Å². The van der Waals surface area contributed by atoms with Crippen molar-refractivity contribution in [1.29, 1.82) is 5.41 Å². The second-order valence-electron chi connectivity index (χ2n) is 0.936. The molecule has 0 aromatic carbocycles. The van der Waals surface area contributed by atoms with Crippen molar-refractivity contribution in [3.8, 4) is 0 Å². The van der Waals surface area contributed by atoms with Crippen LogP contribution in [0.15, 0.2) is 24.4 Å². The van der Waals surface area contributed by atoms with E-state index in [4.69, 9.17) is 11.1 Å². The first-order chi connectivity index (χ1) is 3.41. The average molecular weight is 96.1 g/mol. The van der Waals surface area contributed by atoms with E-state index in [2.05, 4.69) is 0 Å². The highest BCUT2D eigenvalue weighted by atomic mass is 14.5. The average Bonchev–Trinajstić information content (AvgIpc) is 1.69. The normalized spacial score (nSPS) is 10.9. The molecular formula is C5H8N2. The van der Waals surface area contributed by atoms with Gasteiger partial charge in [-0.1, -0.05) is 6.08 Å². The minimum Gasteiger partial charge on any atom is -0.405 e. The maximum Gasteiger partial charge on any atom is 0.0177 e. The van der Waals surface area contributed by atoms with Crippen molar-refractivity contribution in [1.82, 2.24) is 0 Å². The van der Waals surface area contributed by atoms with Crippen LogP contribution in [0.3, 0.4) is 0 Å². The van der Waals surface area contributed by atoms with Crippen LogP contribution >= 0.6 is 0 Å². The van der Waals surface area contributed by atoms with Crippen LogP contribution in [0.1, 0.15) is 0 Å². The molecule has 0 saturated heterocycles. The largest absolute Gasteiger partial charge is 0.405 e. The summed E-state index contributed by atoms with van der Waals surface area (Å²) < 4.78 is 0. The summed E-state index contributed by atoms with van der Waals surface area (Å²) in [6.45, 7) is 0. The van der Waals surface area contributed by atoms with Gasteiger partial charge in [0, 0.05) is 6.21 Å². The number of rotatable bonds is 2. The minimum absolute atomic E-state index is 1.19. The second-order valence-corrected chi connectivity index (χ2v) is 0.936. The Kier molecular flexibility index (Phi) is 4.21. The van der Waals surface area contributed by atoms with E-state index in [1.807, 2.05) is 0 Å². The summed E-state index contributed by atoms with van der Waals surface area (Å²) >= 11 is 0. The summed E-state index contributed by atoms with van der Waals surface area (Å²) in [4.78, 5) is 0. The lowest BCUT2D eigenvalue weighted by Crippen LogP contribution is -1.72. The van der Waals surface area contributed by atoms with E-state index in [1.165, 1.54) is 12.4 Å². The zero-order valence-corrected chi connectivity index (χ0v) is 3.96. The monoisotopic (exact) mass is 96.1 g/mol. The van der Waals surface area contributed by atoms with E-state index in [0.717, 1.165) is 0 Å². The molecule has 0 saturated carbocycles. The lowest BCUT2D eigenvalue weighted by molar-refractivity contribution is 1.57. The smallest absolute Gasteiger partial charge is 0.0177 e. The predicted octanol–water partition coefficient (Wildman–Crippen LogP) is 0.665. The van der Waals surface area contributed by atoms with Crippen molar-refractivity contribution in [3.05, 3.63) is 24.4 Å². The summed E-state index contributed by atoms with van der Waals surface area (Å²) in [6, 6.07) is 0. The van der Waals surface area contributed by atoms with Crippen LogP contribution in [0.2, 0.25) is 0 Å². The van der Waals surface area contributed by atoms with Crippen LogP contribution in [0.5, 0.6) is 0 Å². The zero-order chi connectivity index (χ0) is 5.54. The van der Waals surface area contributed by atoms with Gasteiger partial charge in [0.2, 0.25) is 0 Å². The summed E-state index contributed by atoms with van der Waals surface area (Å²) in [5.41, 5.74) is 4.96. The SMILES string of the molecule is N=C/C=C/C=C/N. The van der Waals surface area contributed by atoms with Crippen molar-refractivity contribution in [2.45, 2.75) is 0 Å². The van der Waals surface area contributed by atoms with Crippen molar-refractivity contribution < 1.29 is 0 Å². The van der Waals surface area contributed by atoms with Crippen molar-refractivity contribution in [2.24, 2.45) is 5.73 Å². The number of nitrogens with one attached hydrogen (secondary N) is 1. The molecule has 0 rings (SSSR count). The Bertz CT molecular complexity index is 92.3. The molecule has 7 heavy (non-hydrogen) atoms. The minimum atomic E-state index is 1.19. The maximum atomic E-state index is 6.49. The van der Waals surface area contributed by atoms with E-state index >= 15 is 0 Å². The molecule has 0 spiro atoms. The van der Waals surface area contributed by atoms with E-state index < -0.39 is 0 Å². The fraction of sp³-hybridized carbons (Fsp3) is 0. The molecule has 0 aromatic heterocycles. The molecule has 0 aliphatic carbocycles. The molecule has 2 heteroatoms. The topological polar surface area (TPSA) is 49.9 Å². The Morgan fingerprint density at radius 3 is 2.29 bits per heavy atom. The molecule has 0 aliphatic heterocycles. The van der Waals surface area contributed by atoms with Crippen LogP contribution in [-0.2, 0) is 0 Å². The fourth-order valence-electron chi connectivity index (χ4n) is 0.184. The van der Waals surface area contributed by atoms with Crippen LogP contribution in [-0.4, -0.2) is 6.21 Å². The maximum absolute atomic E-state index is 6.49. The van der Waals surface area contributed by atoms with Gasteiger partial charge in [-0.25, -0.2) is 0 Å². The van der Waals surface area contributed by atoms with Gasteiger partial charge in [0.25, 0.3) is 0 Å². The highest BCUT2D eigenvalue weighted by molar-refractivity contribution is 5.67. The van der Waals surface area contributed by atoms with Crippen LogP contribution in [0.4, 0.5) is 0 Å². The van der Waals surface area contributed by atoms with E-state index in [9.17, 15) is 0 Å². The quantitative estimate of drug-likeness (QED) is 0.385. The first-order valence-electron chi connectivity index (χ1n) is 1.96.